The van der Waals surface area contributed by atoms with Gasteiger partial charge in [-0.3, -0.25) is 4.79 Å². The number of nitrogens with one attached hydrogen (secondary N) is 2. The van der Waals surface area contributed by atoms with Crippen molar-refractivity contribution in [2.75, 3.05) is 32.7 Å². The lowest BCUT2D eigenvalue weighted by Gasteiger charge is -2.22. The van der Waals surface area contributed by atoms with Crippen LogP contribution in [-0.4, -0.2) is 56.5 Å². The van der Waals surface area contributed by atoms with E-state index in [0.717, 1.165) is 50.7 Å². The van der Waals surface area contributed by atoms with Gasteiger partial charge in [0.1, 0.15) is 0 Å². The molecule has 2 aliphatic heterocycles. The number of aryl methyl sites for hydroxylation is 2. The summed E-state index contributed by atoms with van der Waals surface area (Å²) in [7, 11) is -3.45. The second-order valence-corrected chi connectivity index (χ2v) is 11.9. The Morgan fingerprint density at radius 1 is 1.11 bits per heavy atom. The number of likely N-dealkylation sites (tertiary alicyclic amines) is 1. The number of hydrogen-bond donors (Lipinski definition) is 2. The number of carbonyl (C=O) groups excluding carboxylic acids is 1. The molecule has 5 rings (SSSR count). The van der Waals surface area contributed by atoms with Gasteiger partial charge in [-0.15, -0.1) is 0 Å². The van der Waals surface area contributed by atoms with E-state index in [0.29, 0.717) is 31.1 Å². The largest absolute Gasteiger partial charge is 0.347 e. The molecule has 0 aliphatic carbocycles. The fraction of sp³-hybridized carbons (Fsp3) is 0.414. The maximum Gasteiger partial charge on any atom is 0.253 e. The molecule has 2 aromatic carbocycles. The van der Waals surface area contributed by atoms with E-state index in [1.54, 1.807) is 0 Å². The Labute approximate surface area is 219 Å². The third-order valence-corrected chi connectivity index (χ3v) is 8.80. The van der Waals surface area contributed by atoms with Crippen molar-refractivity contribution >= 4 is 26.8 Å². The van der Waals surface area contributed by atoms with Crippen LogP contribution in [0.5, 0.6) is 0 Å². The van der Waals surface area contributed by atoms with Gasteiger partial charge in [-0.05, 0) is 79.9 Å². The van der Waals surface area contributed by atoms with Crippen molar-refractivity contribution in [1.82, 2.24) is 19.5 Å². The highest BCUT2D eigenvalue weighted by Gasteiger charge is 2.28. The van der Waals surface area contributed by atoms with Gasteiger partial charge in [-0.2, -0.15) is 0 Å². The average molecular weight is 521 g/mol. The summed E-state index contributed by atoms with van der Waals surface area (Å²) in [5.74, 6) is 0.608. The summed E-state index contributed by atoms with van der Waals surface area (Å²) >= 11 is 0. The molecule has 0 unspecified atom stereocenters. The highest BCUT2D eigenvalue weighted by molar-refractivity contribution is 7.92. The Morgan fingerprint density at radius 3 is 2.65 bits per heavy atom. The Balaban J connectivity index is 1.36. The summed E-state index contributed by atoms with van der Waals surface area (Å²) in [6.45, 7) is 7.78. The van der Waals surface area contributed by atoms with Gasteiger partial charge < -0.3 is 14.8 Å². The molecule has 0 radical (unpaired) electrons. The summed E-state index contributed by atoms with van der Waals surface area (Å²) in [6.07, 6.45) is 6.26. The molecule has 3 aromatic rings. The van der Waals surface area contributed by atoms with Crippen LogP contribution in [0.15, 0.2) is 66.7 Å². The average Bonchev–Trinajstić information content (AvgIpc) is 3.56. The van der Waals surface area contributed by atoms with Crippen molar-refractivity contribution < 1.29 is 13.2 Å². The molecule has 2 fully saturated rings. The molecule has 0 saturated carbocycles. The van der Waals surface area contributed by atoms with Crippen LogP contribution in [0.2, 0.25) is 0 Å². The van der Waals surface area contributed by atoms with E-state index in [9.17, 15) is 13.2 Å². The highest BCUT2D eigenvalue weighted by Crippen LogP contribution is 2.34. The summed E-state index contributed by atoms with van der Waals surface area (Å²) in [4.78, 5) is 15.3. The lowest BCUT2D eigenvalue weighted by molar-refractivity contribution is 0.0787. The van der Waals surface area contributed by atoms with Crippen molar-refractivity contribution in [1.29, 1.82) is 0 Å². The molecule has 2 saturated heterocycles. The quantitative estimate of drug-likeness (QED) is 0.449. The number of sulfonamides is 1. The maximum atomic E-state index is 13.5. The minimum atomic E-state index is -3.45. The second-order valence-electron chi connectivity index (χ2n) is 10.2. The van der Waals surface area contributed by atoms with Crippen molar-refractivity contribution in [2.24, 2.45) is 5.92 Å². The van der Waals surface area contributed by atoms with E-state index in [1.807, 2.05) is 17.0 Å². The van der Waals surface area contributed by atoms with E-state index in [2.05, 4.69) is 63.8 Å². The monoisotopic (exact) mass is 520 g/mol. The van der Waals surface area contributed by atoms with Gasteiger partial charge in [0.15, 0.2) is 0 Å². The fourth-order valence-electron chi connectivity index (χ4n) is 5.65. The molecule has 2 N–H and O–H groups in total. The lowest BCUT2D eigenvalue weighted by atomic mass is 9.89. The highest BCUT2D eigenvalue weighted by atomic mass is 32.2. The fourth-order valence-corrected chi connectivity index (χ4v) is 6.24. The molecule has 1 atom stereocenters. The Bertz CT molecular complexity index is 1360. The molecule has 2 aliphatic rings. The first kappa shape index (κ1) is 25.7. The standard InChI is InChI=1S/C29H36N4O3S/c1-2-37(35,36)31-19-23-13-17-33(20-23)29(34)25-8-9-28-26(18-25)27(24-10-14-30-15-11-24)21-32(28)16-12-22-6-4-3-5-7-22/h2-9,18,21,23-24,30-31H,1,10-17,19-20H2/t23-/m1/s1. The van der Waals surface area contributed by atoms with Crippen LogP contribution < -0.4 is 10.0 Å². The van der Waals surface area contributed by atoms with Gasteiger partial charge >= 0.3 is 0 Å². The van der Waals surface area contributed by atoms with Gasteiger partial charge in [0.05, 0.1) is 0 Å². The maximum absolute atomic E-state index is 13.5. The molecule has 1 aromatic heterocycles. The van der Waals surface area contributed by atoms with Crippen LogP contribution in [0.1, 0.15) is 46.7 Å². The van der Waals surface area contributed by atoms with Crippen molar-refractivity contribution in [2.45, 2.75) is 38.1 Å². The van der Waals surface area contributed by atoms with Crippen LogP contribution in [0.3, 0.4) is 0 Å². The zero-order chi connectivity index (χ0) is 25.8. The minimum Gasteiger partial charge on any atom is -0.347 e. The zero-order valence-corrected chi connectivity index (χ0v) is 22.1. The molecule has 8 heteroatoms. The van der Waals surface area contributed by atoms with Crippen LogP contribution in [-0.2, 0) is 23.0 Å². The van der Waals surface area contributed by atoms with Crippen LogP contribution in [0.25, 0.3) is 10.9 Å². The molecule has 0 spiro atoms. The topological polar surface area (TPSA) is 83.4 Å². The summed E-state index contributed by atoms with van der Waals surface area (Å²) < 4.78 is 28.3. The summed E-state index contributed by atoms with van der Waals surface area (Å²) in [5.41, 5.74) is 4.55. The molecular formula is C29H36N4O3S. The van der Waals surface area contributed by atoms with E-state index in [-0.39, 0.29) is 11.8 Å². The molecule has 1 amide bonds. The van der Waals surface area contributed by atoms with Gasteiger partial charge in [0, 0.05) is 54.3 Å². The van der Waals surface area contributed by atoms with Gasteiger partial charge in [-0.25, -0.2) is 13.1 Å². The van der Waals surface area contributed by atoms with Crippen molar-refractivity contribution in [3.8, 4) is 0 Å². The van der Waals surface area contributed by atoms with Crippen LogP contribution in [0.4, 0.5) is 0 Å². The minimum absolute atomic E-state index is 0.0178. The van der Waals surface area contributed by atoms with Crippen molar-refractivity contribution in [3.63, 3.8) is 0 Å². The number of carbonyl (C=O) groups is 1. The Hall–Kier alpha value is -2.94. The molecule has 196 valence electrons. The predicted octanol–water partition coefficient (Wildman–Crippen LogP) is 3.88. The number of piperidine rings is 1. The number of rotatable bonds is 9. The summed E-state index contributed by atoms with van der Waals surface area (Å²) in [5, 5.41) is 5.57. The van der Waals surface area contributed by atoms with Crippen molar-refractivity contribution in [3.05, 3.63) is 83.4 Å². The third-order valence-electron chi connectivity index (χ3n) is 7.79. The zero-order valence-electron chi connectivity index (χ0n) is 21.2. The van der Waals surface area contributed by atoms with Gasteiger partial charge in [-0.1, -0.05) is 36.9 Å². The summed E-state index contributed by atoms with van der Waals surface area (Å²) in [6, 6.07) is 16.7. The lowest BCUT2D eigenvalue weighted by Crippen LogP contribution is -2.32. The smallest absolute Gasteiger partial charge is 0.253 e. The number of benzene rings is 2. The number of amides is 1. The van der Waals surface area contributed by atoms with Crippen LogP contribution >= 0.6 is 0 Å². The molecule has 37 heavy (non-hydrogen) atoms. The molecular weight excluding hydrogens is 484 g/mol. The predicted molar refractivity (Wildman–Crippen MR) is 148 cm³/mol. The number of aromatic nitrogens is 1. The van der Waals surface area contributed by atoms with E-state index >= 15 is 0 Å². The van der Waals surface area contributed by atoms with E-state index in [4.69, 9.17) is 0 Å². The Morgan fingerprint density at radius 2 is 1.89 bits per heavy atom. The first-order valence-corrected chi connectivity index (χ1v) is 14.8. The number of nitrogens with zero attached hydrogens (tertiary/aromatic N) is 2. The first-order valence-electron chi connectivity index (χ1n) is 13.2. The SMILES string of the molecule is C=CS(=O)(=O)NC[C@H]1CCN(C(=O)c2ccc3c(c2)c(C2CCNCC2)cn3CCc2ccccc2)C1. The number of hydrogen-bond acceptors (Lipinski definition) is 4. The second kappa shape index (κ2) is 11.2. The first-order chi connectivity index (χ1) is 17.9. The third kappa shape index (κ3) is 5.98. The normalized spacial score (nSPS) is 18.9. The van der Waals surface area contributed by atoms with Gasteiger partial charge in [0.2, 0.25) is 10.0 Å². The Kier molecular flexibility index (Phi) is 7.79. The molecule has 3 heterocycles. The molecule has 0 bridgehead atoms. The number of fused-ring (bicyclic) bond motifs is 1. The van der Waals surface area contributed by atoms with E-state index < -0.39 is 10.0 Å². The van der Waals surface area contributed by atoms with Crippen LogP contribution in [0, 0.1) is 5.92 Å². The van der Waals surface area contributed by atoms with Gasteiger partial charge in [0.25, 0.3) is 5.91 Å². The van der Waals surface area contributed by atoms with E-state index in [1.165, 1.54) is 22.0 Å². The molecule has 7 nitrogen and oxygen atoms in total.